The second-order valence-electron chi connectivity index (χ2n) is 12.4. The van der Waals surface area contributed by atoms with Crippen LogP contribution in [0.3, 0.4) is 0 Å². The normalized spacial score (nSPS) is 17.2. The summed E-state index contributed by atoms with van der Waals surface area (Å²) in [6, 6.07) is 15.8. The number of carbonyl (C=O) groups excluding carboxylic acids is 2. The van der Waals surface area contributed by atoms with Gasteiger partial charge in [-0.2, -0.15) is 0 Å². The monoisotopic (exact) mass is 702 g/mol. The minimum atomic E-state index is 0.0980. The maximum absolute atomic E-state index is 11.6. The van der Waals surface area contributed by atoms with Crippen LogP contribution in [0.1, 0.15) is 42.4 Å². The van der Waals surface area contributed by atoms with Gasteiger partial charge in [0, 0.05) is 90.7 Å². The van der Waals surface area contributed by atoms with Crippen molar-refractivity contribution in [3.63, 3.8) is 0 Å². The molecule has 0 radical (unpaired) electrons. The molecule has 4 aromatic rings. The third-order valence-corrected chi connectivity index (χ3v) is 9.87. The number of halogens is 2. The second kappa shape index (κ2) is 15.6. The molecule has 2 amide bonds. The highest BCUT2D eigenvalue weighted by molar-refractivity contribution is 6.39. The number of hydrogen-bond donors (Lipinski definition) is 4. The molecule has 2 saturated heterocycles. The molecular formula is C37H40Cl2N6O4. The third kappa shape index (κ3) is 7.83. The Labute approximate surface area is 296 Å². The molecule has 2 aliphatic heterocycles. The van der Waals surface area contributed by atoms with E-state index in [1.54, 1.807) is 20.4 Å². The van der Waals surface area contributed by atoms with Gasteiger partial charge in [-0.3, -0.25) is 14.6 Å². The minimum Gasteiger partial charge on any atom is -0.496 e. The van der Waals surface area contributed by atoms with Crippen LogP contribution in [0.25, 0.3) is 33.6 Å². The quantitative estimate of drug-likeness (QED) is 0.137. The van der Waals surface area contributed by atoms with Crippen LogP contribution in [0.2, 0.25) is 10.0 Å². The number of benzene rings is 2. The van der Waals surface area contributed by atoms with Crippen LogP contribution in [0.15, 0.2) is 54.7 Å². The molecule has 10 nitrogen and oxygen atoms in total. The molecule has 4 N–H and O–H groups in total. The van der Waals surface area contributed by atoms with Crippen LogP contribution in [-0.2, 0) is 22.7 Å². The van der Waals surface area contributed by atoms with E-state index in [1.165, 1.54) is 0 Å². The Balaban J connectivity index is 1.22. The Bertz CT molecular complexity index is 1870. The number of rotatable bonds is 13. The van der Waals surface area contributed by atoms with Gasteiger partial charge in [0.15, 0.2) is 0 Å². The number of aromatic nitrogens is 2. The third-order valence-electron chi connectivity index (χ3n) is 9.08. The molecule has 49 heavy (non-hydrogen) atoms. The fourth-order valence-electron chi connectivity index (χ4n) is 6.46. The Kier molecular flexibility index (Phi) is 11.0. The molecule has 2 aromatic carbocycles. The van der Waals surface area contributed by atoms with E-state index in [0.29, 0.717) is 66.3 Å². The molecule has 4 heterocycles. The summed E-state index contributed by atoms with van der Waals surface area (Å²) in [6.07, 6.45) is 4.55. The minimum absolute atomic E-state index is 0.0980. The lowest BCUT2D eigenvalue weighted by molar-refractivity contribution is -0.120. The van der Waals surface area contributed by atoms with Gasteiger partial charge < -0.3 is 30.7 Å². The summed E-state index contributed by atoms with van der Waals surface area (Å²) in [5.41, 5.74) is 7.31. The zero-order chi connectivity index (χ0) is 34.5. The highest BCUT2D eigenvalue weighted by atomic mass is 35.5. The number of methoxy groups -OCH3 is 2. The molecule has 12 heteroatoms. The van der Waals surface area contributed by atoms with Crippen molar-refractivity contribution < 1.29 is 19.1 Å². The summed E-state index contributed by atoms with van der Waals surface area (Å²) in [5.74, 6) is 1.43. The molecule has 2 aliphatic rings. The Morgan fingerprint density at radius 2 is 1.51 bits per heavy atom. The van der Waals surface area contributed by atoms with Crippen molar-refractivity contribution in [2.24, 2.45) is 0 Å². The number of nitrogens with one attached hydrogen (secondary N) is 4. The molecule has 2 fully saturated rings. The van der Waals surface area contributed by atoms with E-state index in [9.17, 15) is 9.59 Å². The Morgan fingerprint density at radius 3 is 2.16 bits per heavy atom. The Morgan fingerprint density at radius 1 is 0.837 bits per heavy atom. The summed E-state index contributed by atoms with van der Waals surface area (Å²) >= 11 is 14.2. The molecule has 256 valence electrons. The van der Waals surface area contributed by atoms with Gasteiger partial charge in [0.2, 0.25) is 17.7 Å². The Hall–Kier alpha value is -4.22. The van der Waals surface area contributed by atoms with Crippen LogP contribution in [0.5, 0.6) is 11.6 Å². The van der Waals surface area contributed by atoms with E-state index >= 15 is 0 Å². The zero-order valence-electron chi connectivity index (χ0n) is 27.8. The summed E-state index contributed by atoms with van der Waals surface area (Å²) in [4.78, 5) is 32.5. The maximum Gasteiger partial charge on any atom is 0.220 e. The van der Waals surface area contributed by atoms with Gasteiger partial charge in [-0.05, 0) is 49.6 Å². The smallest absolute Gasteiger partial charge is 0.220 e. The van der Waals surface area contributed by atoms with E-state index in [0.717, 1.165) is 57.5 Å². The predicted molar refractivity (Wildman–Crippen MR) is 192 cm³/mol. The van der Waals surface area contributed by atoms with Crippen LogP contribution in [0, 0.1) is 6.92 Å². The lowest BCUT2D eigenvalue weighted by Crippen LogP contribution is -2.35. The summed E-state index contributed by atoms with van der Waals surface area (Å²) in [7, 11) is 3.25. The van der Waals surface area contributed by atoms with Crippen molar-refractivity contribution in [1.29, 1.82) is 0 Å². The molecule has 0 saturated carbocycles. The topological polar surface area (TPSA) is 126 Å². The predicted octanol–water partition coefficient (Wildman–Crippen LogP) is 5.85. The van der Waals surface area contributed by atoms with Gasteiger partial charge in [0.25, 0.3) is 0 Å². The van der Waals surface area contributed by atoms with Crippen LogP contribution in [-0.4, -0.2) is 61.2 Å². The van der Waals surface area contributed by atoms with Crippen molar-refractivity contribution >= 4 is 35.0 Å². The van der Waals surface area contributed by atoms with Crippen LogP contribution >= 0.6 is 23.2 Å². The van der Waals surface area contributed by atoms with Crippen molar-refractivity contribution in [1.82, 2.24) is 31.2 Å². The van der Waals surface area contributed by atoms with Gasteiger partial charge >= 0.3 is 0 Å². The highest BCUT2D eigenvalue weighted by Crippen LogP contribution is 2.42. The van der Waals surface area contributed by atoms with Gasteiger partial charge in [0.1, 0.15) is 5.75 Å². The maximum atomic E-state index is 11.6. The number of nitrogens with zero attached hydrogens (tertiary/aromatic N) is 2. The first-order valence-corrected chi connectivity index (χ1v) is 17.2. The van der Waals surface area contributed by atoms with Gasteiger partial charge in [-0.15, -0.1) is 0 Å². The largest absolute Gasteiger partial charge is 0.496 e. The SMILES string of the molecule is COc1cc(-c2nccc(-c3cccc(-c4ccc(CNCC5CCC(=O)N5)c(OC)n4)c3Cl)c2Cl)cc(C)c1CNCC1CCC(=O)N1. The molecule has 2 atom stereocenters. The first-order valence-electron chi connectivity index (χ1n) is 16.4. The first kappa shape index (κ1) is 34.6. The lowest BCUT2D eigenvalue weighted by Gasteiger charge is -2.18. The standard InChI is InChI=1S/C37H40Cl2N6O4/c1-21-15-23(16-31(48-2)29(21)20-41-19-25-9-12-33(47)44-25)36-35(39)27(13-14-42-36)26-5-4-6-28(34(26)38)30-10-7-22(37(45-30)49-3)17-40-18-24-8-11-32(46)43-24/h4-7,10,13-16,24-25,40-41H,8-9,11-12,17-20H2,1-3H3,(H,43,46)(H,44,47). The van der Waals surface area contributed by atoms with E-state index in [1.807, 2.05) is 49.4 Å². The lowest BCUT2D eigenvalue weighted by atomic mass is 9.97. The van der Waals surface area contributed by atoms with E-state index in [4.69, 9.17) is 37.7 Å². The average Bonchev–Trinajstić information content (AvgIpc) is 3.72. The highest BCUT2D eigenvalue weighted by Gasteiger charge is 2.23. The zero-order valence-corrected chi connectivity index (χ0v) is 29.3. The van der Waals surface area contributed by atoms with E-state index < -0.39 is 0 Å². The number of amides is 2. The number of ether oxygens (including phenoxy) is 2. The summed E-state index contributed by atoms with van der Waals surface area (Å²) in [6.45, 7) is 4.55. The van der Waals surface area contributed by atoms with Crippen LogP contribution in [0.4, 0.5) is 0 Å². The van der Waals surface area contributed by atoms with Crippen molar-refractivity contribution in [3.8, 4) is 45.3 Å². The molecule has 2 unspecified atom stereocenters. The summed E-state index contributed by atoms with van der Waals surface area (Å²) in [5, 5.41) is 13.8. The first-order chi connectivity index (χ1) is 23.7. The molecule has 0 spiro atoms. The van der Waals surface area contributed by atoms with Gasteiger partial charge in [0.05, 0.1) is 35.7 Å². The van der Waals surface area contributed by atoms with Crippen LogP contribution < -0.4 is 30.7 Å². The van der Waals surface area contributed by atoms with E-state index in [2.05, 4.69) is 32.3 Å². The van der Waals surface area contributed by atoms with Crippen molar-refractivity contribution in [3.05, 3.63) is 81.5 Å². The van der Waals surface area contributed by atoms with Gasteiger partial charge in [-0.1, -0.05) is 47.5 Å². The second-order valence-corrected chi connectivity index (χ2v) is 13.2. The fraction of sp³-hybridized carbons (Fsp3) is 0.351. The molecule has 6 rings (SSSR count). The number of aryl methyl sites for hydroxylation is 1. The van der Waals surface area contributed by atoms with Crippen molar-refractivity contribution in [2.45, 2.75) is 57.8 Å². The average molecular weight is 704 g/mol. The molecule has 2 aromatic heterocycles. The number of carbonyl (C=O) groups is 2. The van der Waals surface area contributed by atoms with Crippen molar-refractivity contribution in [2.75, 3.05) is 27.3 Å². The molecule has 0 bridgehead atoms. The molecular weight excluding hydrogens is 663 g/mol. The number of pyridine rings is 2. The number of hydrogen-bond acceptors (Lipinski definition) is 8. The fourth-order valence-corrected chi connectivity index (χ4v) is 7.11. The molecule has 0 aliphatic carbocycles. The van der Waals surface area contributed by atoms with E-state index in [-0.39, 0.29) is 23.9 Å². The van der Waals surface area contributed by atoms with Gasteiger partial charge in [-0.25, -0.2) is 4.98 Å². The summed E-state index contributed by atoms with van der Waals surface area (Å²) < 4.78 is 11.5.